The molecule has 0 aliphatic carbocycles. The maximum atomic E-state index is 12.7. The molecule has 0 aliphatic heterocycles. The second kappa shape index (κ2) is 5.55. The van der Waals surface area contributed by atoms with Crippen molar-refractivity contribution in [3.8, 4) is 0 Å². The third-order valence-electron chi connectivity index (χ3n) is 2.98. The van der Waals surface area contributed by atoms with Crippen molar-refractivity contribution in [1.29, 1.82) is 0 Å². The molecule has 0 amide bonds. The molecular weight excluding hydrogens is 287 g/mol. The number of fused-ring (bicyclic) bond motifs is 1. The Hall–Kier alpha value is -2.38. The second-order valence-electron chi connectivity index (χ2n) is 4.40. The van der Waals surface area contributed by atoms with Gasteiger partial charge in [0.25, 0.3) is 0 Å². The van der Waals surface area contributed by atoms with Crippen molar-refractivity contribution in [2.75, 3.05) is 5.32 Å². The number of nitrogens with one attached hydrogen (secondary N) is 1. The van der Waals surface area contributed by atoms with Gasteiger partial charge in [0.2, 0.25) is 0 Å². The number of rotatable bonds is 4. The van der Waals surface area contributed by atoms with Crippen molar-refractivity contribution in [3.05, 3.63) is 30.1 Å². The van der Waals surface area contributed by atoms with Gasteiger partial charge in [0.05, 0.1) is 11.1 Å². The smallest absolute Gasteiger partial charge is 0.416 e. The van der Waals surface area contributed by atoms with E-state index in [4.69, 9.17) is 5.11 Å². The Morgan fingerprint density at radius 2 is 2.10 bits per heavy atom. The molecule has 0 saturated heterocycles. The summed E-state index contributed by atoms with van der Waals surface area (Å²) in [5, 5.41) is 11.8. The van der Waals surface area contributed by atoms with E-state index in [1.54, 1.807) is 6.92 Å². The number of carbonyl (C=O) groups is 1. The number of aliphatic carboxylic acids is 1. The second-order valence-corrected chi connectivity index (χ2v) is 4.40. The highest BCUT2D eigenvalue weighted by Gasteiger charge is 2.31. The molecule has 2 rings (SSSR count). The lowest BCUT2D eigenvalue weighted by Crippen LogP contribution is -2.28. The summed E-state index contributed by atoms with van der Waals surface area (Å²) in [6, 6.07) is 2.13. The summed E-state index contributed by atoms with van der Waals surface area (Å²) in [6.07, 6.45) is -3.05. The minimum Gasteiger partial charge on any atom is -0.480 e. The molecule has 2 N–H and O–H groups in total. The molecule has 0 fully saturated rings. The lowest BCUT2D eigenvalue weighted by Gasteiger charge is -2.15. The van der Waals surface area contributed by atoms with E-state index in [1.807, 2.05) is 0 Å². The van der Waals surface area contributed by atoms with Gasteiger partial charge in [-0.1, -0.05) is 6.92 Å². The Kier molecular flexibility index (Phi) is 3.97. The van der Waals surface area contributed by atoms with Crippen LogP contribution in [0, 0.1) is 0 Å². The minimum atomic E-state index is -4.49. The van der Waals surface area contributed by atoms with Gasteiger partial charge in [-0.05, 0) is 24.6 Å². The van der Waals surface area contributed by atoms with Crippen LogP contribution in [0.4, 0.5) is 19.0 Å². The number of halogens is 3. The van der Waals surface area contributed by atoms with E-state index in [2.05, 4.69) is 15.3 Å². The molecule has 112 valence electrons. The van der Waals surface area contributed by atoms with Crippen molar-refractivity contribution in [2.24, 2.45) is 0 Å². The molecule has 1 unspecified atom stereocenters. The van der Waals surface area contributed by atoms with Gasteiger partial charge < -0.3 is 10.4 Å². The summed E-state index contributed by atoms with van der Waals surface area (Å²) >= 11 is 0. The highest BCUT2D eigenvalue weighted by atomic mass is 19.4. The molecule has 0 aliphatic rings. The fourth-order valence-corrected chi connectivity index (χ4v) is 1.85. The zero-order chi connectivity index (χ0) is 15.6. The van der Waals surface area contributed by atoms with Crippen LogP contribution >= 0.6 is 0 Å². The lowest BCUT2D eigenvalue weighted by atomic mass is 10.1. The molecular formula is C13H12F3N3O2. The van der Waals surface area contributed by atoms with E-state index in [9.17, 15) is 18.0 Å². The molecule has 2 aromatic rings. The maximum Gasteiger partial charge on any atom is 0.416 e. The van der Waals surface area contributed by atoms with E-state index in [0.29, 0.717) is 5.52 Å². The van der Waals surface area contributed by atoms with Gasteiger partial charge >= 0.3 is 12.1 Å². The molecule has 1 atom stereocenters. The van der Waals surface area contributed by atoms with E-state index >= 15 is 0 Å². The predicted octanol–water partition coefficient (Wildman–Crippen LogP) is 2.92. The normalized spacial score (nSPS) is 13.1. The summed E-state index contributed by atoms with van der Waals surface area (Å²) in [6.45, 7) is 1.65. The Bertz CT molecular complexity index is 673. The number of alkyl halides is 3. The van der Waals surface area contributed by atoms with Gasteiger partial charge in [0, 0.05) is 5.39 Å². The molecule has 1 aromatic carbocycles. The highest BCUT2D eigenvalue weighted by Crippen LogP contribution is 2.32. The average molecular weight is 299 g/mol. The Morgan fingerprint density at radius 1 is 1.38 bits per heavy atom. The number of benzene rings is 1. The van der Waals surface area contributed by atoms with Crippen LogP contribution in [0.5, 0.6) is 0 Å². The monoisotopic (exact) mass is 299 g/mol. The largest absolute Gasteiger partial charge is 0.480 e. The van der Waals surface area contributed by atoms with E-state index in [1.165, 1.54) is 12.4 Å². The SMILES string of the molecule is CCC(Nc1ncnc2ccc(C(F)(F)F)cc12)C(=O)O. The molecule has 0 bridgehead atoms. The first-order valence-corrected chi connectivity index (χ1v) is 6.14. The number of anilines is 1. The van der Waals surface area contributed by atoms with Crippen molar-refractivity contribution in [3.63, 3.8) is 0 Å². The number of hydrogen-bond acceptors (Lipinski definition) is 4. The maximum absolute atomic E-state index is 12.7. The number of aromatic nitrogens is 2. The zero-order valence-corrected chi connectivity index (χ0v) is 11.0. The number of nitrogens with zero attached hydrogens (tertiary/aromatic N) is 2. The van der Waals surface area contributed by atoms with E-state index in [-0.39, 0.29) is 17.6 Å². The molecule has 1 heterocycles. The van der Waals surface area contributed by atoms with E-state index < -0.39 is 23.8 Å². The van der Waals surface area contributed by atoms with Crippen LogP contribution in [0.2, 0.25) is 0 Å². The first kappa shape index (κ1) is 15.0. The van der Waals surface area contributed by atoms with Gasteiger partial charge in [0.1, 0.15) is 18.2 Å². The molecule has 1 aromatic heterocycles. The molecule has 0 spiro atoms. The standard InChI is InChI=1S/C13H12F3N3O2/c1-2-9(12(20)21)19-11-8-5-7(13(14,15)16)3-4-10(8)17-6-18-11/h3-6,9H,2H2,1H3,(H,20,21)(H,17,18,19). The predicted molar refractivity (Wildman–Crippen MR) is 69.9 cm³/mol. The Labute approximate surface area is 117 Å². The van der Waals surface area contributed by atoms with Crippen molar-refractivity contribution >= 4 is 22.7 Å². The zero-order valence-electron chi connectivity index (χ0n) is 11.0. The fraction of sp³-hybridized carbons (Fsp3) is 0.308. The van der Waals surface area contributed by atoms with Crippen LogP contribution < -0.4 is 5.32 Å². The summed E-state index contributed by atoms with van der Waals surface area (Å²) in [5.41, 5.74) is -0.531. The first-order chi connectivity index (χ1) is 9.82. The van der Waals surface area contributed by atoms with Crippen LogP contribution in [-0.4, -0.2) is 27.1 Å². The quantitative estimate of drug-likeness (QED) is 0.908. The molecule has 5 nitrogen and oxygen atoms in total. The molecule has 8 heteroatoms. The van der Waals surface area contributed by atoms with Crippen LogP contribution in [0.3, 0.4) is 0 Å². The summed E-state index contributed by atoms with van der Waals surface area (Å²) in [7, 11) is 0. The van der Waals surface area contributed by atoms with E-state index in [0.717, 1.165) is 12.1 Å². The van der Waals surface area contributed by atoms with Gasteiger partial charge in [0.15, 0.2) is 0 Å². The van der Waals surface area contributed by atoms with Crippen molar-refractivity contribution < 1.29 is 23.1 Å². The lowest BCUT2D eigenvalue weighted by molar-refractivity contribution is -0.138. The summed E-state index contributed by atoms with van der Waals surface area (Å²) in [4.78, 5) is 18.7. The van der Waals surface area contributed by atoms with Gasteiger partial charge in [-0.15, -0.1) is 0 Å². The van der Waals surface area contributed by atoms with Crippen molar-refractivity contribution in [1.82, 2.24) is 9.97 Å². The Morgan fingerprint density at radius 3 is 2.67 bits per heavy atom. The van der Waals surface area contributed by atoms with Crippen LogP contribution in [0.15, 0.2) is 24.5 Å². The topological polar surface area (TPSA) is 75.1 Å². The Balaban J connectivity index is 2.50. The summed E-state index contributed by atoms with van der Waals surface area (Å²) < 4.78 is 38.2. The third kappa shape index (κ3) is 3.21. The van der Waals surface area contributed by atoms with Crippen LogP contribution in [0.1, 0.15) is 18.9 Å². The van der Waals surface area contributed by atoms with Crippen LogP contribution in [0.25, 0.3) is 10.9 Å². The summed E-state index contributed by atoms with van der Waals surface area (Å²) in [5.74, 6) is -1.03. The minimum absolute atomic E-state index is 0.0698. The molecule has 21 heavy (non-hydrogen) atoms. The number of carboxylic acids is 1. The highest BCUT2D eigenvalue weighted by molar-refractivity contribution is 5.91. The first-order valence-electron chi connectivity index (χ1n) is 6.14. The van der Waals surface area contributed by atoms with Crippen LogP contribution in [-0.2, 0) is 11.0 Å². The van der Waals surface area contributed by atoms with Crippen molar-refractivity contribution in [2.45, 2.75) is 25.6 Å². The molecule has 0 saturated carbocycles. The number of carboxylic acid groups (broad SMARTS) is 1. The average Bonchev–Trinajstić information content (AvgIpc) is 2.42. The molecule has 0 radical (unpaired) electrons. The fourth-order valence-electron chi connectivity index (χ4n) is 1.85. The third-order valence-corrected chi connectivity index (χ3v) is 2.98. The van der Waals surface area contributed by atoms with Gasteiger partial charge in [-0.3, -0.25) is 0 Å². The number of hydrogen-bond donors (Lipinski definition) is 2. The van der Waals surface area contributed by atoms with Gasteiger partial charge in [-0.25, -0.2) is 14.8 Å². The van der Waals surface area contributed by atoms with Gasteiger partial charge in [-0.2, -0.15) is 13.2 Å².